The van der Waals surface area contributed by atoms with E-state index < -0.39 is 5.97 Å². The lowest BCUT2D eigenvalue weighted by Gasteiger charge is -2.10. The van der Waals surface area contributed by atoms with Gasteiger partial charge in [0.2, 0.25) is 0 Å². The molecule has 0 spiro atoms. The predicted octanol–water partition coefficient (Wildman–Crippen LogP) is 3.58. The van der Waals surface area contributed by atoms with E-state index in [9.17, 15) is 9.90 Å². The molecule has 4 rings (SSSR count). The molecular weight excluding hydrogens is 344 g/mol. The molecule has 0 radical (unpaired) electrons. The molecule has 0 aliphatic rings. The Kier molecular flexibility index (Phi) is 3.97. The molecule has 0 atom stereocenters. The molecule has 0 unspecified atom stereocenters. The summed E-state index contributed by atoms with van der Waals surface area (Å²) in [6, 6.07) is 15.9. The first kappa shape index (κ1) is 16.6. The summed E-state index contributed by atoms with van der Waals surface area (Å²) in [7, 11) is 1.60. The number of nitrogens with zero attached hydrogens (tertiary/aromatic N) is 2. The highest BCUT2D eigenvalue weighted by molar-refractivity contribution is 6.03. The van der Waals surface area contributed by atoms with Crippen LogP contribution in [-0.2, 0) is 0 Å². The topological polar surface area (TPSA) is 114 Å². The number of aromatic carboxylic acids is 1. The second-order valence-corrected chi connectivity index (χ2v) is 5.97. The second kappa shape index (κ2) is 6.45. The monoisotopic (exact) mass is 360 g/mol. The van der Waals surface area contributed by atoms with Crippen molar-refractivity contribution in [2.75, 3.05) is 12.8 Å². The van der Waals surface area contributed by atoms with Crippen LogP contribution in [-0.4, -0.2) is 33.4 Å². The summed E-state index contributed by atoms with van der Waals surface area (Å²) in [5.74, 6) is 0.0477. The van der Waals surface area contributed by atoms with Gasteiger partial charge in [0.05, 0.1) is 35.0 Å². The zero-order valence-corrected chi connectivity index (χ0v) is 14.4. The lowest BCUT2D eigenvalue weighted by Crippen LogP contribution is -2.01. The molecule has 7 heteroatoms. The van der Waals surface area contributed by atoms with Crippen molar-refractivity contribution in [1.29, 1.82) is 0 Å². The molecule has 0 bridgehead atoms. The van der Waals surface area contributed by atoms with Gasteiger partial charge in [0, 0.05) is 11.1 Å². The van der Waals surface area contributed by atoms with E-state index in [-0.39, 0.29) is 5.56 Å². The maximum absolute atomic E-state index is 11.6. The maximum atomic E-state index is 11.6. The minimum absolute atomic E-state index is 0.178. The Morgan fingerprint density at radius 2 is 1.89 bits per heavy atom. The Hall–Kier alpha value is -3.87. The van der Waals surface area contributed by atoms with Crippen molar-refractivity contribution in [3.05, 3.63) is 60.2 Å². The van der Waals surface area contributed by atoms with Gasteiger partial charge in [0.25, 0.3) is 0 Å². The Morgan fingerprint density at radius 1 is 1.15 bits per heavy atom. The van der Waals surface area contributed by atoms with Crippen LogP contribution in [0.5, 0.6) is 5.75 Å². The van der Waals surface area contributed by atoms with E-state index in [4.69, 9.17) is 15.5 Å². The number of methoxy groups -OCH3 is 1. The fourth-order valence-corrected chi connectivity index (χ4v) is 3.06. The molecule has 4 aromatic rings. The fraction of sp³-hybridized carbons (Fsp3) is 0.0500. The van der Waals surface area contributed by atoms with E-state index in [2.05, 4.69) is 10.2 Å². The molecule has 2 aromatic heterocycles. The summed E-state index contributed by atoms with van der Waals surface area (Å²) in [5, 5.41) is 17.2. The van der Waals surface area contributed by atoms with Crippen molar-refractivity contribution < 1.29 is 14.6 Å². The summed E-state index contributed by atoms with van der Waals surface area (Å²) in [4.78, 5) is 16.3. The lowest BCUT2D eigenvalue weighted by atomic mass is 10.0. The van der Waals surface area contributed by atoms with Crippen LogP contribution in [0.1, 0.15) is 10.4 Å². The Balaban J connectivity index is 1.98. The zero-order chi connectivity index (χ0) is 19.0. The van der Waals surface area contributed by atoms with Gasteiger partial charge in [-0.3, -0.25) is 5.10 Å². The van der Waals surface area contributed by atoms with Crippen LogP contribution in [0.4, 0.5) is 5.82 Å². The number of pyridine rings is 1. The highest BCUT2D eigenvalue weighted by Gasteiger charge is 2.18. The van der Waals surface area contributed by atoms with Gasteiger partial charge in [-0.15, -0.1) is 0 Å². The first-order chi connectivity index (χ1) is 13.1. The number of aromatic amines is 1. The van der Waals surface area contributed by atoms with E-state index in [0.717, 1.165) is 11.3 Å². The van der Waals surface area contributed by atoms with E-state index in [1.165, 1.54) is 0 Å². The van der Waals surface area contributed by atoms with Crippen LogP contribution in [0.25, 0.3) is 33.4 Å². The summed E-state index contributed by atoms with van der Waals surface area (Å²) in [5.41, 5.74) is 9.39. The summed E-state index contributed by atoms with van der Waals surface area (Å²) in [6.45, 7) is 0. The van der Waals surface area contributed by atoms with Crippen LogP contribution in [0.3, 0.4) is 0 Å². The van der Waals surface area contributed by atoms with Crippen molar-refractivity contribution in [3.8, 4) is 28.3 Å². The van der Waals surface area contributed by atoms with Crippen LogP contribution in [0.15, 0.2) is 54.6 Å². The molecule has 134 valence electrons. The largest absolute Gasteiger partial charge is 0.497 e. The Labute approximate surface area is 154 Å². The first-order valence-electron chi connectivity index (χ1n) is 8.20. The number of H-pyrrole nitrogens is 1. The van der Waals surface area contributed by atoms with E-state index in [1.54, 1.807) is 37.4 Å². The quantitative estimate of drug-likeness (QED) is 0.512. The van der Waals surface area contributed by atoms with E-state index in [0.29, 0.717) is 33.7 Å². The summed E-state index contributed by atoms with van der Waals surface area (Å²) in [6.07, 6.45) is 0. The second-order valence-electron chi connectivity index (χ2n) is 5.97. The smallest absolute Gasteiger partial charge is 0.336 e. The van der Waals surface area contributed by atoms with Crippen molar-refractivity contribution >= 4 is 22.7 Å². The van der Waals surface area contributed by atoms with Gasteiger partial charge in [-0.05, 0) is 36.4 Å². The number of rotatable bonds is 4. The van der Waals surface area contributed by atoms with E-state index >= 15 is 0 Å². The maximum Gasteiger partial charge on any atom is 0.336 e. The fourth-order valence-electron chi connectivity index (χ4n) is 3.06. The van der Waals surface area contributed by atoms with Crippen molar-refractivity contribution in [2.24, 2.45) is 0 Å². The van der Waals surface area contributed by atoms with E-state index in [1.807, 2.05) is 24.3 Å². The van der Waals surface area contributed by atoms with Gasteiger partial charge in [0.15, 0.2) is 5.82 Å². The summed E-state index contributed by atoms with van der Waals surface area (Å²) < 4.78 is 5.21. The number of fused-ring (bicyclic) bond motifs is 1. The third-order valence-electron chi connectivity index (χ3n) is 4.37. The highest BCUT2D eigenvalue weighted by atomic mass is 16.5. The molecule has 0 amide bonds. The number of nitrogens with one attached hydrogen (secondary N) is 1. The molecule has 2 heterocycles. The minimum Gasteiger partial charge on any atom is -0.497 e. The highest BCUT2D eigenvalue weighted by Crippen LogP contribution is 2.34. The molecule has 27 heavy (non-hydrogen) atoms. The normalized spacial score (nSPS) is 10.9. The number of nitrogens with two attached hydrogens (primary N) is 1. The number of hydrogen-bond acceptors (Lipinski definition) is 5. The first-order valence-corrected chi connectivity index (χ1v) is 8.20. The number of carbonyl (C=O) groups is 1. The van der Waals surface area contributed by atoms with Crippen LogP contribution in [0.2, 0.25) is 0 Å². The number of benzene rings is 2. The average Bonchev–Trinajstić information content (AvgIpc) is 3.08. The number of aromatic nitrogens is 3. The Morgan fingerprint density at radius 3 is 2.59 bits per heavy atom. The third-order valence-corrected chi connectivity index (χ3v) is 4.37. The molecule has 0 saturated carbocycles. The van der Waals surface area contributed by atoms with Crippen LogP contribution >= 0.6 is 0 Å². The molecular formula is C20H16N4O3. The van der Waals surface area contributed by atoms with Crippen molar-refractivity contribution in [1.82, 2.24) is 15.2 Å². The number of carboxylic acid groups (broad SMARTS) is 1. The van der Waals surface area contributed by atoms with Gasteiger partial charge >= 0.3 is 5.97 Å². The number of anilines is 1. The van der Waals surface area contributed by atoms with Gasteiger partial charge in [-0.2, -0.15) is 5.10 Å². The number of hydrogen-bond donors (Lipinski definition) is 3. The van der Waals surface area contributed by atoms with Crippen LogP contribution < -0.4 is 10.5 Å². The average molecular weight is 360 g/mol. The number of nitrogen functional groups attached to an aromatic ring is 1. The lowest BCUT2D eigenvalue weighted by molar-refractivity contribution is 0.0697. The van der Waals surface area contributed by atoms with Crippen molar-refractivity contribution in [2.45, 2.75) is 0 Å². The number of ether oxygens (including phenoxy) is 1. The molecule has 0 fully saturated rings. The van der Waals surface area contributed by atoms with Gasteiger partial charge in [-0.25, -0.2) is 9.78 Å². The molecule has 0 aliphatic heterocycles. The molecule has 0 aliphatic carbocycles. The predicted molar refractivity (Wildman–Crippen MR) is 103 cm³/mol. The minimum atomic E-state index is -1.01. The molecule has 4 N–H and O–H groups in total. The Bertz CT molecular complexity index is 1150. The van der Waals surface area contributed by atoms with Crippen LogP contribution in [0, 0.1) is 0 Å². The third kappa shape index (κ3) is 2.85. The molecule has 0 saturated heterocycles. The van der Waals surface area contributed by atoms with Gasteiger partial charge in [0.1, 0.15) is 5.75 Å². The SMILES string of the molecule is COc1ccc(-c2nc(-c3ccccc3C(=O)O)cc3[nH]nc(N)c23)cc1. The molecule has 2 aromatic carbocycles. The number of carboxylic acids is 1. The molecule has 7 nitrogen and oxygen atoms in total. The van der Waals surface area contributed by atoms with Gasteiger partial charge < -0.3 is 15.6 Å². The zero-order valence-electron chi connectivity index (χ0n) is 14.4. The van der Waals surface area contributed by atoms with Gasteiger partial charge in [-0.1, -0.05) is 18.2 Å². The summed E-state index contributed by atoms with van der Waals surface area (Å²) >= 11 is 0. The standard InChI is InChI=1S/C20H16N4O3/c1-27-12-8-6-11(7-9-12)18-17-16(23-24-19(17)21)10-15(22-18)13-4-2-3-5-14(13)20(25)26/h2-10H,1H3,(H,25,26)(H3,21,23,24). The van der Waals surface area contributed by atoms with Crippen molar-refractivity contribution in [3.63, 3.8) is 0 Å².